The van der Waals surface area contributed by atoms with Gasteiger partial charge in [0.15, 0.2) is 11.0 Å². The van der Waals surface area contributed by atoms with Gasteiger partial charge in [0.05, 0.1) is 11.1 Å². The standard InChI is InChI=1S/C13H7ClN2O4/c14-9-5-4-8(20-9)12(18)16-11(17)6-2-1-3-7(15)10(6)13(16)19/h1-5H,15H2. The molecule has 2 aromatic rings. The molecule has 2 heterocycles. The van der Waals surface area contributed by atoms with Crippen LogP contribution in [0.4, 0.5) is 5.69 Å². The van der Waals surface area contributed by atoms with Crippen LogP contribution < -0.4 is 5.73 Å². The van der Waals surface area contributed by atoms with Crippen LogP contribution in [0.5, 0.6) is 0 Å². The van der Waals surface area contributed by atoms with E-state index in [2.05, 4.69) is 0 Å². The lowest BCUT2D eigenvalue weighted by Gasteiger charge is -2.09. The van der Waals surface area contributed by atoms with Crippen molar-refractivity contribution in [2.75, 3.05) is 5.73 Å². The number of furan rings is 1. The molecule has 1 aromatic carbocycles. The number of carbonyl (C=O) groups excluding carboxylic acids is 3. The molecule has 0 saturated carbocycles. The molecule has 1 aromatic heterocycles. The SMILES string of the molecule is Nc1cccc2c1C(=O)N(C(=O)c1ccc(Cl)o1)C2=O. The number of benzene rings is 1. The van der Waals surface area contributed by atoms with E-state index < -0.39 is 17.7 Å². The van der Waals surface area contributed by atoms with Gasteiger partial charge in [-0.05, 0) is 35.9 Å². The van der Waals surface area contributed by atoms with Gasteiger partial charge < -0.3 is 10.2 Å². The summed E-state index contributed by atoms with van der Waals surface area (Å²) in [4.78, 5) is 37.0. The lowest BCUT2D eigenvalue weighted by atomic mass is 10.1. The van der Waals surface area contributed by atoms with E-state index in [0.717, 1.165) is 0 Å². The maximum Gasteiger partial charge on any atom is 0.303 e. The highest BCUT2D eigenvalue weighted by Crippen LogP contribution is 2.29. The first-order valence-electron chi connectivity index (χ1n) is 5.57. The smallest absolute Gasteiger partial charge is 0.303 e. The summed E-state index contributed by atoms with van der Waals surface area (Å²) in [6, 6.07) is 7.10. The van der Waals surface area contributed by atoms with Crippen LogP contribution in [0.3, 0.4) is 0 Å². The first-order valence-corrected chi connectivity index (χ1v) is 5.95. The van der Waals surface area contributed by atoms with Gasteiger partial charge in [0.2, 0.25) is 0 Å². The molecule has 1 aliphatic rings. The maximum absolute atomic E-state index is 12.2. The number of hydrogen-bond acceptors (Lipinski definition) is 5. The Kier molecular flexibility index (Phi) is 2.62. The summed E-state index contributed by atoms with van der Waals surface area (Å²) in [5.74, 6) is -2.55. The van der Waals surface area contributed by atoms with Gasteiger partial charge in [-0.1, -0.05) is 6.07 Å². The summed E-state index contributed by atoms with van der Waals surface area (Å²) >= 11 is 5.57. The fourth-order valence-electron chi connectivity index (χ4n) is 2.04. The van der Waals surface area contributed by atoms with Crippen molar-refractivity contribution in [2.45, 2.75) is 0 Å². The maximum atomic E-state index is 12.2. The second kappa shape index (κ2) is 4.21. The van der Waals surface area contributed by atoms with E-state index in [4.69, 9.17) is 21.8 Å². The van der Waals surface area contributed by atoms with Crippen LogP contribution in [-0.4, -0.2) is 22.6 Å². The van der Waals surface area contributed by atoms with Crippen molar-refractivity contribution in [3.63, 3.8) is 0 Å². The molecule has 0 saturated heterocycles. The predicted octanol–water partition coefficient (Wildman–Crippen LogP) is 1.95. The van der Waals surface area contributed by atoms with Crippen molar-refractivity contribution in [1.29, 1.82) is 0 Å². The number of amides is 3. The van der Waals surface area contributed by atoms with Gasteiger partial charge in [-0.15, -0.1) is 0 Å². The van der Waals surface area contributed by atoms with E-state index in [1.807, 2.05) is 0 Å². The third-order valence-corrected chi connectivity index (χ3v) is 3.14. The van der Waals surface area contributed by atoms with Crippen LogP contribution in [0, 0.1) is 0 Å². The van der Waals surface area contributed by atoms with Crippen LogP contribution in [0.15, 0.2) is 34.7 Å². The molecule has 0 atom stereocenters. The first kappa shape index (κ1) is 12.4. The predicted molar refractivity (Wildman–Crippen MR) is 69.4 cm³/mol. The highest BCUT2D eigenvalue weighted by Gasteiger charge is 2.42. The number of carbonyl (C=O) groups is 3. The molecular weight excluding hydrogens is 284 g/mol. The summed E-state index contributed by atoms with van der Waals surface area (Å²) in [6.07, 6.45) is 0. The second-order valence-corrected chi connectivity index (χ2v) is 4.50. The minimum atomic E-state index is -0.873. The molecular formula is C13H7ClN2O4. The quantitative estimate of drug-likeness (QED) is 0.640. The average molecular weight is 291 g/mol. The molecule has 0 unspecified atom stereocenters. The lowest BCUT2D eigenvalue weighted by Crippen LogP contribution is -2.36. The number of fused-ring (bicyclic) bond motifs is 1. The van der Waals surface area contributed by atoms with E-state index >= 15 is 0 Å². The van der Waals surface area contributed by atoms with Gasteiger partial charge in [-0.3, -0.25) is 14.4 Å². The number of hydrogen-bond donors (Lipinski definition) is 1. The Morgan fingerprint density at radius 1 is 1.15 bits per heavy atom. The van der Waals surface area contributed by atoms with Crippen molar-refractivity contribution in [1.82, 2.24) is 4.90 Å². The van der Waals surface area contributed by atoms with Crippen LogP contribution >= 0.6 is 11.6 Å². The Hall–Kier alpha value is -2.60. The zero-order valence-corrected chi connectivity index (χ0v) is 10.7. The van der Waals surface area contributed by atoms with Gasteiger partial charge in [0.1, 0.15) is 0 Å². The molecule has 3 rings (SSSR count). The van der Waals surface area contributed by atoms with Crippen molar-refractivity contribution >= 4 is 35.0 Å². The number of halogens is 1. The number of anilines is 1. The molecule has 7 heteroatoms. The zero-order chi connectivity index (χ0) is 14.4. The number of rotatable bonds is 1. The first-order chi connectivity index (χ1) is 9.50. The summed E-state index contributed by atoms with van der Waals surface area (Å²) in [7, 11) is 0. The van der Waals surface area contributed by atoms with Gasteiger partial charge in [-0.25, -0.2) is 4.90 Å². The molecule has 1 aliphatic heterocycles. The fourth-order valence-corrected chi connectivity index (χ4v) is 2.18. The van der Waals surface area contributed by atoms with E-state index in [9.17, 15) is 14.4 Å². The molecule has 3 amide bonds. The van der Waals surface area contributed by atoms with Gasteiger partial charge in [0, 0.05) is 5.69 Å². The van der Waals surface area contributed by atoms with E-state index in [1.54, 1.807) is 0 Å². The third-order valence-electron chi connectivity index (χ3n) is 2.93. The van der Waals surface area contributed by atoms with Crippen molar-refractivity contribution < 1.29 is 18.8 Å². The number of nitrogen functional groups attached to an aromatic ring is 1. The normalized spacial score (nSPS) is 13.8. The topological polar surface area (TPSA) is 93.6 Å². The fraction of sp³-hybridized carbons (Fsp3) is 0. The van der Waals surface area contributed by atoms with E-state index in [1.165, 1.54) is 30.3 Å². The summed E-state index contributed by atoms with van der Waals surface area (Å²) < 4.78 is 4.92. The molecule has 2 N–H and O–H groups in total. The minimum absolute atomic E-state index is 0.00975. The minimum Gasteiger partial charge on any atom is -0.440 e. The molecule has 0 fully saturated rings. The van der Waals surface area contributed by atoms with Crippen molar-refractivity contribution in [2.24, 2.45) is 0 Å². The molecule has 0 spiro atoms. The monoisotopic (exact) mass is 290 g/mol. The second-order valence-electron chi connectivity index (χ2n) is 4.12. The van der Waals surface area contributed by atoms with E-state index in [0.29, 0.717) is 4.90 Å². The molecule has 0 bridgehead atoms. The molecule has 0 radical (unpaired) electrons. The third kappa shape index (κ3) is 1.62. The Labute approximate surface area is 117 Å². The van der Waals surface area contributed by atoms with Crippen molar-refractivity contribution in [3.05, 3.63) is 52.4 Å². The molecule has 6 nitrogen and oxygen atoms in total. The number of nitrogens with zero attached hydrogens (tertiary/aromatic N) is 1. The van der Waals surface area contributed by atoms with Gasteiger partial charge in [0.25, 0.3) is 11.8 Å². The highest BCUT2D eigenvalue weighted by atomic mass is 35.5. The van der Waals surface area contributed by atoms with E-state index in [-0.39, 0.29) is 27.8 Å². The Bertz CT molecular complexity index is 765. The summed E-state index contributed by atoms with van der Waals surface area (Å²) in [6.45, 7) is 0. The Morgan fingerprint density at radius 3 is 2.50 bits per heavy atom. The van der Waals surface area contributed by atoms with Gasteiger partial charge >= 0.3 is 5.91 Å². The molecule has 100 valence electrons. The summed E-state index contributed by atoms with van der Waals surface area (Å²) in [5.41, 5.74) is 5.95. The zero-order valence-electron chi connectivity index (χ0n) is 9.92. The van der Waals surface area contributed by atoms with Crippen LogP contribution in [0.1, 0.15) is 31.3 Å². The summed E-state index contributed by atoms with van der Waals surface area (Å²) in [5, 5.41) is -0.00975. The Morgan fingerprint density at radius 2 is 1.90 bits per heavy atom. The number of nitrogens with two attached hydrogens (primary N) is 1. The van der Waals surface area contributed by atoms with Crippen LogP contribution in [-0.2, 0) is 0 Å². The molecule has 20 heavy (non-hydrogen) atoms. The highest BCUT2D eigenvalue weighted by molar-refractivity contribution is 6.32. The Balaban J connectivity index is 2.06. The van der Waals surface area contributed by atoms with Crippen LogP contribution in [0.2, 0.25) is 5.22 Å². The van der Waals surface area contributed by atoms with Crippen LogP contribution in [0.25, 0.3) is 0 Å². The largest absolute Gasteiger partial charge is 0.440 e. The number of imide groups is 3. The van der Waals surface area contributed by atoms with Gasteiger partial charge in [-0.2, -0.15) is 0 Å². The van der Waals surface area contributed by atoms with Crippen molar-refractivity contribution in [3.8, 4) is 0 Å². The molecule has 0 aliphatic carbocycles. The average Bonchev–Trinajstić information content (AvgIpc) is 2.94. The lowest BCUT2D eigenvalue weighted by molar-refractivity contribution is 0.0551.